The first-order chi connectivity index (χ1) is 8.09. The summed E-state index contributed by atoms with van der Waals surface area (Å²) >= 11 is 0. The summed E-state index contributed by atoms with van der Waals surface area (Å²) in [6, 6.07) is 0. The molecule has 0 saturated heterocycles. The van der Waals surface area contributed by atoms with E-state index in [4.69, 9.17) is 0 Å². The van der Waals surface area contributed by atoms with Crippen LogP contribution < -0.4 is 0 Å². The maximum Gasteiger partial charge on any atom is -0.0197 e. The number of fused-ring (bicyclic) bond motifs is 2. The second-order valence-corrected chi connectivity index (χ2v) is 6.34. The molecular formula is C17H28. The second-order valence-electron chi connectivity index (χ2n) is 6.34. The molecule has 0 aromatic carbocycles. The minimum atomic E-state index is 0.995. The molecule has 0 amide bonds. The molecule has 96 valence electrons. The fourth-order valence-corrected chi connectivity index (χ4v) is 3.62. The maximum absolute atomic E-state index is 2.32. The van der Waals surface area contributed by atoms with Gasteiger partial charge in [-0.05, 0) is 84.5 Å². The highest BCUT2D eigenvalue weighted by Crippen LogP contribution is 2.47. The van der Waals surface area contributed by atoms with Crippen LogP contribution in [0, 0.1) is 11.8 Å². The first-order valence-corrected chi connectivity index (χ1v) is 7.42. The summed E-state index contributed by atoms with van der Waals surface area (Å²) < 4.78 is 0. The molecule has 0 radical (unpaired) electrons. The van der Waals surface area contributed by atoms with Gasteiger partial charge in [-0.2, -0.15) is 0 Å². The molecule has 0 nitrogen and oxygen atoms in total. The lowest BCUT2D eigenvalue weighted by atomic mass is 9.94. The van der Waals surface area contributed by atoms with Crippen molar-refractivity contribution in [2.45, 2.75) is 72.6 Å². The molecule has 0 heterocycles. The summed E-state index contributed by atoms with van der Waals surface area (Å²) in [7, 11) is 0. The molecular weight excluding hydrogens is 204 g/mol. The summed E-state index contributed by atoms with van der Waals surface area (Å²) in [4.78, 5) is 0. The molecule has 2 bridgehead atoms. The highest BCUT2D eigenvalue weighted by Gasteiger charge is 2.34. The molecule has 1 fully saturated rings. The van der Waals surface area contributed by atoms with E-state index in [2.05, 4.69) is 27.7 Å². The predicted molar refractivity (Wildman–Crippen MR) is 76.0 cm³/mol. The molecule has 1 saturated carbocycles. The lowest BCUT2D eigenvalue weighted by molar-refractivity contribution is 0.648. The van der Waals surface area contributed by atoms with E-state index in [1.165, 1.54) is 44.9 Å². The van der Waals surface area contributed by atoms with Crippen LogP contribution in [-0.2, 0) is 0 Å². The Morgan fingerprint density at radius 1 is 0.706 bits per heavy atom. The molecule has 3 aliphatic rings. The van der Waals surface area contributed by atoms with E-state index >= 15 is 0 Å². The molecule has 0 spiro atoms. The van der Waals surface area contributed by atoms with Crippen LogP contribution in [0.5, 0.6) is 0 Å². The van der Waals surface area contributed by atoms with Gasteiger partial charge >= 0.3 is 0 Å². The predicted octanol–water partition coefficient (Wildman–Crippen LogP) is 5.65. The molecule has 17 heavy (non-hydrogen) atoms. The summed E-state index contributed by atoms with van der Waals surface area (Å²) in [5, 5.41) is 0. The van der Waals surface area contributed by atoms with Gasteiger partial charge in [0.2, 0.25) is 0 Å². The molecule has 3 aliphatic carbocycles. The number of rotatable bonds is 0. The first-order valence-electron chi connectivity index (χ1n) is 7.42. The lowest BCUT2D eigenvalue weighted by Crippen LogP contribution is -1.96. The van der Waals surface area contributed by atoms with Gasteiger partial charge in [0.05, 0.1) is 0 Å². The van der Waals surface area contributed by atoms with Crippen LogP contribution >= 0.6 is 0 Å². The molecule has 0 aromatic rings. The SMILES string of the molecule is CC1=C(C)C2CCC1C2.CC1=C(C)CCCC1. The van der Waals surface area contributed by atoms with E-state index in [0.29, 0.717) is 0 Å². The van der Waals surface area contributed by atoms with Crippen LogP contribution in [0.3, 0.4) is 0 Å². The molecule has 2 atom stereocenters. The van der Waals surface area contributed by atoms with Gasteiger partial charge in [-0.1, -0.05) is 22.3 Å². The fraction of sp³-hybridized carbons (Fsp3) is 0.765. The highest BCUT2D eigenvalue weighted by molar-refractivity contribution is 5.25. The Kier molecular flexibility index (Phi) is 4.12. The zero-order valence-electron chi connectivity index (χ0n) is 12.1. The summed E-state index contributed by atoms with van der Waals surface area (Å²) in [5.74, 6) is 1.99. The van der Waals surface area contributed by atoms with Crippen molar-refractivity contribution >= 4 is 0 Å². The van der Waals surface area contributed by atoms with Crippen molar-refractivity contribution in [3.63, 3.8) is 0 Å². The van der Waals surface area contributed by atoms with E-state index in [9.17, 15) is 0 Å². The molecule has 0 aliphatic heterocycles. The van der Waals surface area contributed by atoms with Crippen molar-refractivity contribution in [3.05, 3.63) is 22.3 Å². The third-order valence-corrected chi connectivity index (χ3v) is 5.36. The van der Waals surface area contributed by atoms with E-state index in [-0.39, 0.29) is 0 Å². The van der Waals surface area contributed by atoms with Crippen molar-refractivity contribution < 1.29 is 0 Å². The Labute approximate surface area is 107 Å². The lowest BCUT2D eigenvalue weighted by Gasteiger charge is -2.12. The largest absolute Gasteiger partial charge is 0.0744 e. The third-order valence-electron chi connectivity index (χ3n) is 5.36. The standard InChI is InChI=1S/C9H14.C8H14/c1-6-7(2)9-4-3-8(6)5-9;1-7-5-3-4-6-8(7)2/h8-9H,3-5H2,1-2H3;3-6H2,1-2H3. The van der Waals surface area contributed by atoms with Crippen molar-refractivity contribution in [1.29, 1.82) is 0 Å². The number of allylic oxidation sites excluding steroid dienone is 4. The summed E-state index contributed by atoms with van der Waals surface area (Å²) in [6.45, 7) is 9.15. The normalized spacial score (nSPS) is 31.8. The Morgan fingerprint density at radius 2 is 1.12 bits per heavy atom. The van der Waals surface area contributed by atoms with Crippen molar-refractivity contribution in [3.8, 4) is 0 Å². The summed E-state index contributed by atoms with van der Waals surface area (Å²) in [6.07, 6.45) is 9.99. The van der Waals surface area contributed by atoms with E-state index in [1.54, 1.807) is 22.3 Å². The van der Waals surface area contributed by atoms with E-state index in [1.807, 2.05) is 0 Å². The van der Waals surface area contributed by atoms with E-state index in [0.717, 1.165) is 11.8 Å². The monoisotopic (exact) mass is 232 g/mol. The van der Waals surface area contributed by atoms with Crippen LogP contribution in [0.25, 0.3) is 0 Å². The smallest absolute Gasteiger partial charge is 0.0197 e. The topological polar surface area (TPSA) is 0 Å². The van der Waals surface area contributed by atoms with E-state index < -0.39 is 0 Å². The van der Waals surface area contributed by atoms with Gasteiger partial charge in [-0.15, -0.1) is 0 Å². The van der Waals surface area contributed by atoms with Crippen LogP contribution in [0.1, 0.15) is 72.6 Å². The fourth-order valence-electron chi connectivity index (χ4n) is 3.62. The molecule has 0 N–H and O–H groups in total. The van der Waals surface area contributed by atoms with Crippen molar-refractivity contribution in [2.75, 3.05) is 0 Å². The minimum Gasteiger partial charge on any atom is -0.0744 e. The molecule has 0 aromatic heterocycles. The average Bonchev–Trinajstić information content (AvgIpc) is 2.89. The molecule has 3 rings (SSSR count). The zero-order valence-corrected chi connectivity index (χ0v) is 12.1. The minimum absolute atomic E-state index is 0.995. The first kappa shape index (κ1) is 12.9. The Morgan fingerprint density at radius 3 is 1.35 bits per heavy atom. The van der Waals surface area contributed by atoms with Crippen molar-refractivity contribution in [1.82, 2.24) is 0 Å². The Balaban J connectivity index is 0.000000128. The van der Waals surface area contributed by atoms with Crippen LogP contribution in [0.2, 0.25) is 0 Å². The average molecular weight is 232 g/mol. The van der Waals surface area contributed by atoms with Crippen molar-refractivity contribution in [2.24, 2.45) is 11.8 Å². The van der Waals surface area contributed by atoms with Crippen LogP contribution in [-0.4, -0.2) is 0 Å². The van der Waals surface area contributed by atoms with Gasteiger partial charge in [-0.3, -0.25) is 0 Å². The Hall–Kier alpha value is -0.520. The van der Waals surface area contributed by atoms with Crippen LogP contribution in [0.15, 0.2) is 22.3 Å². The van der Waals surface area contributed by atoms with Gasteiger partial charge in [-0.25, -0.2) is 0 Å². The number of hydrogen-bond acceptors (Lipinski definition) is 0. The number of hydrogen-bond donors (Lipinski definition) is 0. The van der Waals surface area contributed by atoms with Gasteiger partial charge in [0.1, 0.15) is 0 Å². The Bertz CT molecular complexity index is 311. The van der Waals surface area contributed by atoms with Gasteiger partial charge in [0, 0.05) is 0 Å². The maximum atomic E-state index is 2.32. The van der Waals surface area contributed by atoms with Gasteiger partial charge < -0.3 is 0 Å². The molecule has 2 unspecified atom stereocenters. The highest BCUT2D eigenvalue weighted by atomic mass is 14.4. The molecule has 0 heteroatoms. The van der Waals surface area contributed by atoms with Gasteiger partial charge in [0.25, 0.3) is 0 Å². The zero-order chi connectivity index (χ0) is 12.4. The van der Waals surface area contributed by atoms with Crippen LogP contribution in [0.4, 0.5) is 0 Å². The summed E-state index contributed by atoms with van der Waals surface area (Å²) in [5.41, 5.74) is 6.70. The van der Waals surface area contributed by atoms with Gasteiger partial charge in [0.15, 0.2) is 0 Å². The third kappa shape index (κ3) is 2.84. The quantitative estimate of drug-likeness (QED) is 0.473. The second kappa shape index (κ2) is 5.42.